The fourth-order valence-electron chi connectivity index (χ4n) is 5.15. The Hall–Kier alpha value is -1.02. The number of aromatic hydroxyl groups is 1. The Bertz CT molecular complexity index is 512. The molecule has 2 nitrogen and oxygen atoms in total. The highest BCUT2D eigenvalue weighted by molar-refractivity contribution is 5.41. The van der Waals surface area contributed by atoms with Crippen molar-refractivity contribution in [3.05, 3.63) is 29.3 Å². The zero-order chi connectivity index (χ0) is 13.0. The van der Waals surface area contributed by atoms with E-state index < -0.39 is 0 Å². The lowest BCUT2D eigenvalue weighted by Crippen LogP contribution is -2.52. The molecule has 3 aliphatic rings. The summed E-state index contributed by atoms with van der Waals surface area (Å²) in [5, 5.41) is 9.75. The number of rotatable bonds is 0. The molecule has 1 spiro atoms. The van der Waals surface area contributed by atoms with Crippen LogP contribution in [0.3, 0.4) is 0 Å². The van der Waals surface area contributed by atoms with Crippen LogP contribution in [-0.2, 0) is 6.42 Å². The molecule has 0 aromatic heterocycles. The molecule has 0 radical (unpaired) electrons. The van der Waals surface area contributed by atoms with Crippen LogP contribution < -0.4 is 0 Å². The van der Waals surface area contributed by atoms with E-state index in [9.17, 15) is 5.11 Å². The Morgan fingerprint density at radius 1 is 1.26 bits per heavy atom. The summed E-state index contributed by atoms with van der Waals surface area (Å²) < 4.78 is 0. The zero-order valence-corrected chi connectivity index (χ0v) is 11.7. The lowest BCUT2D eigenvalue weighted by molar-refractivity contribution is -0.0108. The largest absolute Gasteiger partial charge is 0.508 e. The van der Waals surface area contributed by atoms with Crippen LogP contribution in [0.25, 0.3) is 0 Å². The molecular formula is C17H23NO. The Kier molecular flexibility index (Phi) is 2.47. The third kappa shape index (κ3) is 1.73. The molecule has 0 amide bonds. The monoisotopic (exact) mass is 257 g/mol. The van der Waals surface area contributed by atoms with E-state index in [1.54, 1.807) is 0 Å². The van der Waals surface area contributed by atoms with Crippen molar-refractivity contribution in [1.82, 2.24) is 4.90 Å². The van der Waals surface area contributed by atoms with E-state index >= 15 is 0 Å². The minimum absolute atomic E-state index is 0.442. The molecule has 2 heteroatoms. The summed E-state index contributed by atoms with van der Waals surface area (Å²) >= 11 is 0. The number of fused-ring (bicyclic) bond motifs is 3. The van der Waals surface area contributed by atoms with Gasteiger partial charge in [0.25, 0.3) is 0 Å². The van der Waals surface area contributed by atoms with Crippen molar-refractivity contribution in [3.63, 3.8) is 0 Å². The molecule has 0 unspecified atom stereocenters. The van der Waals surface area contributed by atoms with Gasteiger partial charge < -0.3 is 10.0 Å². The molecule has 2 bridgehead atoms. The maximum absolute atomic E-state index is 9.75. The van der Waals surface area contributed by atoms with Gasteiger partial charge in [-0.25, -0.2) is 0 Å². The normalized spacial score (nSPS) is 37.5. The summed E-state index contributed by atoms with van der Waals surface area (Å²) in [6, 6.07) is 6.08. The summed E-state index contributed by atoms with van der Waals surface area (Å²) in [4.78, 5) is 2.53. The average Bonchev–Trinajstić information content (AvgIpc) is 2.39. The topological polar surface area (TPSA) is 23.5 Å². The summed E-state index contributed by atoms with van der Waals surface area (Å²) in [5.41, 5.74) is 3.48. The molecule has 1 N–H and O–H groups in total. The van der Waals surface area contributed by atoms with Crippen LogP contribution in [0.2, 0.25) is 0 Å². The number of hydrogen-bond donors (Lipinski definition) is 1. The molecule has 4 rings (SSSR count). The second-order valence-electron chi connectivity index (χ2n) is 7.12. The van der Waals surface area contributed by atoms with Crippen molar-refractivity contribution in [2.24, 2.45) is 11.3 Å². The van der Waals surface area contributed by atoms with E-state index in [1.807, 2.05) is 12.1 Å². The number of phenols is 1. The van der Waals surface area contributed by atoms with Crippen molar-refractivity contribution < 1.29 is 5.11 Å². The van der Waals surface area contributed by atoms with Gasteiger partial charge in [-0.2, -0.15) is 0 Å². The first-order valence-corrected chi connectivity index (χ1v) is 7.67. The third-order valence-corrected chi connectivity index (χ3v) is 5.94. The minimum Gasteiger partial charge on any atom is -0.508 e. The molecule has 1 saturated heterocycles. The van der Waals surface area contributed by atoms with Crippen molar-refractivity contribution in [3.8, 4) is 5.75 Å². The van der Waals surface area contributed by atoms with Crippen LogP contribution in [0.1, 0.15) is 42.7 Å². The average molecular weight is 257 g/mol. The molecule has 2 fully saturated rings. The van der Waals surface area contributed by atoms with Crippen LogP contribution in [0.15, 0.2) is 18.2 Å². The van der Waals surface area contributed by atoms with E-state index in [4.69, 9.17) is 0 Å². The van der Waals surface area contributed by atoms with Gasteiger partial charge in [0, 0.05) is 6.54 Å². The fourth-order valence-corrected chi connectivity index (χ4v) is 5.15. The third-order valence-electron chi connectivity index (χ3n) is 5.94. The van der Waals surface area contributed by atoms with Gasteiger partial charge in [-0.05, 0) is 86.2 Å². The van der Waals surface area contributed by atoms with Crippen molar-refractivity contribution in [2.45, 2.75) is 38.0 Å². The van der Waals surface area contributed by atoms with Gasteiger partial charge in [0.1, 0.15) is 5.75 Å². The van der Waals surface area contributed by atoms with Gasteiger partial charge in [-0.1, -0.05) is 6.07 Å². The molecule has 1 aromatic rings. The quantitative estimate of drug-likeness (QED) is 0.771. The molecule has 102 valence electrons. The van der Waals surface area contributed by atoms with Crippen molar-refractivity contribution in [2.75, 3.05) is 20.1 Å². The first kappa shape index (κ1) is 11.8. The van der Waals surface area contributed by atoms with Gasteiger partial charge in [0.05, 0.1) is 0 Å². The fraction of sp³-hybridized carbons (Fsp3) is 0.647. The van der Waals surface area contributed by atoms with Crippen LogP contribution >= 0.6 is 0 Å². The SMILES string of the molecule is CN1CC[C@@H]2CC[C@@H]3C[C@]2(Cc2ccc(O)cc23)C1. The van der Waals surface area contributed by atoms with Gasteiger partial charge in [0.15, 0.2) is 0 Å². The number of likely N-dealkylation sites (tertiary alicyclic amines) is 1. The first-order valence-electron chi connectivity index (χ1n) is 7.67. The van der Waals surface area contributed by atoms with Crippen LogP contribution in [0.5, 0.6) is 5.75 Å². The molecule has 3 atom stereocenters. The highest BCUT2D eigenvalue weighted by atomic mass is 16.3. The van der Waals surface area contributed by atoms with Crippen LogP contribution in [0.4, 0.5) is 0 Å². The summed E-state index contributed by atoms with van der Waals surface area (Å²) in [5.74, 6) is 2.07. The summed E-state index contributed by atoms with van der Waals surface area (Å²) in [7, 11) is 2.28. The van der Waals surface area contributed by atoms with Crippen LogP contribution in [-0.4, -0.2) is 30.1 Å². The second kappa shape index (κ2) is 3.99. The second-order valence-corrected chi connectivity index (χ2v) is 7.12. The first-order chi connectivity index (χ1) is 9.16. The summed E-state index contributed by atoms with van der Waals surface area (Å²) in [6.45, 7) is 2.55. The maximum atomic E-state index is 9.75. The molecule has 19 heavy (non-hydrogen) atoms. The predicted octanol–water partition coefficient (Wildman–Crippen LogP) is 3.15. The Morgan fingerprint density at radius 2 is 2.16 bits per heavy atom. The number of hydrogen-bond acceptors (Lipinski definition) is 2. The predicted molar refractivity (Wildman–Crippen MR) is 76.4 cm³/mol. The lowest BCUT2D eigenvalue weighted by atomic mass is 9.53. The van der Waals surface area contributed by atoms with E-state index in [0.717, 1.165) is 5.92 Å². The number of benzene rings is 1. The molecule has 1 aliphatic heterocycles. The molecular weight excluding hydrogens is 234 g/mol. The lowest BCUT2D eigenvalue weighted by Gasteiger charge is -2.55. The standard InChI is InChI=1S/C17H23NO/c1-18-7-6-14-4-2-12-9-17(14,11-18)10-13-3-5-15(19)8-16(12)13/h3,5,8,12,14,19H,2,4,6-7,9-11H2,1H3/t12-,14+,17+/m1/s1. The minimum atomic E-state index is 0.442. The van der Waals surface area contributed by atoms with Gasteiger partial charge in [0.2, 0.25) is 0 Å². The van der Waals surface area contributed by atoms with E-state index in [0.29, 0.717) is 17.1 Å². The van der Waals surface area contributed by atoms with Gasteiger partial charge in [-0.3, -0.25) is 0 Å². The maximum Gasteiger partial charge on any atom is 0.115 e. The van der Waals surface area contributed by atoms with Crippen molar-refractivity contribution in [1.29, 1.82) is 0 Å². The van der Waals surface area contributed by atoms with E-state index in [2.05, 4.69) is 18.0 Å². The Morgan fingerprint density at radius 3 is 3.05 bits per heavy atom. The molecule has 1 aromatic carbocycles. The molecule has 1 saturated carbocycles. The van der Waals surface area contributed by atoms with Crippen molar-refractivity contribution >= 4 is 0 Å². The van der Waals surface area contributed by atoms with Gasteiger partial charge >= 0.3 is 0 Å². The number of phenolic OH excluding ortho intramolecular Hbond substituents is 1. The van der Waals surface area contributed by atoms with E-state index in [1.165, 1.54) is 56.3 Å². The number of nitrogens with zero attached hydrogens (tertiary/aromatic N) is 1. The summed E-state index contributed by atoms with van der Waals surface area (Å²) in [6.07, 6.45) is 6.68. The Labute approximate surface area is 115 Å². The van der Waals surface area contributed by atoms with Crippen LogP contribution in [0, 0.1) is 11.3 Å². The molecule has 2 aliphatic carbocycles. The van der Waals surface area contributed by atoms with Gasteiger partial charge in [-0.15, -0.1) is 0 Å². The smallest absolute Gasteiger partial charge is 0.115 e. The highest BCUT2D eigenvalue weighted by Crippen LogP contribution is 2.56. The Balaban J connectivity index is 1.77. The van der Waals surface area contributed by atoms with E-state index in [-0.39, 0.29) is 0 Å². The molecule has 1 heterocycles. The zero-order valence-electron chi connectivity index (χ0n) is 11.7. The highest BCUT2D eigenvalue weighted by Gasteiger charge is 2.49. The number of piperidine rings is 1.